The molecule has 0 aliphatic heterocycles. The van der Waals surface area contributed by atoms with Crippen LogP contribution in [0, 0.1) is 0 Å². The van der Waals surface area contributed by atoms with E-state index in [0.29, 0.717) is 11.1 Å². The molecule has 47 heavy (non-hydrogen) atoms. The quantitative estimate of drug-likeness (QED) is 0.173. The van der Waals surface area contributed by atoms with Gasteiger partial charge >= 0.3 is 0 Å². The van der Waals surface area contributed by atoms with Crippen LogP contribution in [-0.4, -0.2) is 0 Å². The topological polar surface area (TPSA) is 3.24 Å². The van der Waals surface area contributed by atoms with Crippen molar-refractivity contribution in [2.24, 2.45) is 0 Å². The highest BCUT2D eigenvalue weighted by Crippen LogP contribution is 2.41. The molecule has 8 aromatic carbocycles. The molecule has 0 radical (unpaired) electrons. The van der Waals surface area contributed by atoms with Gasteiger partial charge < -0.3 is 4.90 Å². The normalized spacial score (nSPS) is 14.9. The SMILES string of the molecule is [2H]c1c([2H])c([2H])c(-c2c([2H])c([2H])c(N(c3ccc(-c4ccccc4)cc3)c3c([2H])c([2H])c(-c4ccc5ccccc5c4-c4ccccc4)c([2H])c3[2H])c([2H])c2[2H])c([2H])c1[2H]. The minimum atomic E-state index is -0.731. The molecule has 0 heterocycles. The van der Waals surface area contributed by atoms with Gasteiger partial charge in [0.1, 0.15) is 0 Å². The molecule has 0 saturated heterocycles. The molecule has 0 fully saturated rings. The first-order valence-electron chi connectivity index (χ1n) is 21.6. The number of fused-ring (bicyclic) bond motifs is 1. The lowest BCUT2D eigenvalue weighted by atomic mass is 9.90. The zero-order chi connectivity index (χ0) is 42.7. The van der Waals surface area contributed by atoms with Crippen molar-refractivity contribution in [1.29, 1.82) is 0 Å². The molecule has 0 spiro atoms. The van der Waals surface area contributed by atoms with E-state index in [9.17, 15) is 8.22 Å². The van der Waals surface area contributed by atoms with E-state index in [1.807, 2.05) is 91.0 Å². The lowest BCUT2D eigenvalue weighted by molar-refractivity contribution is 1.28. The van der Waals surface area contributed by atoms with Gasteiger partial charge in [0, 0.05) is 17.1 Å². The molecule has 1 heteroatoms. The van der Waals surface area contributed by atoms with E-state index in [-0.39, 0.29) is 16.9 Å². The third-order valence-electron chi connectivity index (χ3n) is 7.91. The Morgan fingerprint density at radius 1 is 0.340 bits per heavy atom. The van der Waals surface area contributed by atoms with Crippen LogP contribution in [0.25, 0.3) is 55.3 Å². The Balaban J connectivity index is 1.42. The number of nitrogens with zero attached hydrogens (tertiary/aromatic N) is 1. The lowest BCUT2D eigenvalue weighted by Crippen LogP contribution is -2.09. The average Bonchev–Trinajstić information content (AvgIpc) is 3.27. The average molecular weight is 613 g/mol. The molecule has 0 amide bonds. The van der Waals surface area contributed by atoms with Gasteiger partial charge in [-0.25, -0.2) is 0 Å². The van der Waals surface area contributed by atoms with Crippen molar-refractivity contribution in [2.75, 3.05) is 4.90 Å². The van der Waals surface area contributed by atoms with E-state index in [4.69, 9.17) is 9.60 Å². The minimum Gasteiger partial charge on any atom is -0.311 e. The maximum atomic E-state index is 9.56. The number of hydrogen-bond donors (Lipinski definition) is 0. The van der Waals surface area contributed by atoms with Crippen LogP contribution in [-0.2, 0) is 0 Å². The molecule has 8 rings (SSSR count). The van der Waals surface area contributed by atoms with Crippen LogP contribution in [0.3, 0.4) is 0 Å². The Morgan fingerprint density at radius 3 is 1.53 bits per heavy atom. The van der Waals surface area contributed by atoms with Crippen LogP contribution in [0.15, 0.2) is 200 Å². The van der Waals surface area contributed by atoms with Crippen LogP contribution < -0.4 is 4.90 Å². The van der Waals surface area contributed by atoms with Gasteiger partial charge in [-0.2, -0.15) is 0 Å². The maximum absolute atomic E-state index is 9.56. The van der Waals surface area contributed by atoms with E-state index >= 15 is 0 Å². The Labute approximate surface area is 294 Å². The molecule has 0 aromatic heterocycles. The van der Waals surface area contributed by atoms with Gasteiger partial charge in [0.2, 0.25) is 0 Å². The molecular formula is C46H33N. The number of anilines is 3. The largest absolute Gasteiger partial charge is 0.311 e. The fourth-order valence-electron chi connectivity index (χ4n) is 5.67. The summed E-state index contributed by atoms with van der Waals surface area (Å²) in [6.45, 7) is 0. The molecule has 0 saturated carbocycles. The summed E-state index contributed by atoms with van der Waals surface area (Å²) in [4.78, 5) is 1.17. The third kappa shape index (κ3) is 5.72. The predicted molar refractivity (Wildman–Crippen MR) is 200 cm³/mol. The van der Waals surface area contributed by atoms with Crippen LogP contribution in [0.4, 0.5) is 17.1 Å². The van der Waals surface area contributed by atoms with Crippen LogP contribution in [0.2, 0.25) is 0 Å². The molecule has 0 aliphatic rings. The highest BCUT2D eigenvalue weighted by atomic mass is 15.1. The molecule has 0 bridgehead atoms. The van der Waals surface area contributed by atoms with Crippen LogP contribution in [0.5, 0.6) is 0 Å². The molecule has 0 atom stereocenters. The Morgan fingerprint density at radius 2 is 0.872 bits per heavy atom. The zero-order valence-corrected chi connectivity index (χ0v) is 25.0. The van der Waals surface area contributed by atoms with E-state index in [1.165, 1.54) is 4.90 Å². The van der Waals surface area contributed by atoms with Gasteiger partial charge in [-0.3, -0.25) is 0 Å². The number of rotatable bonds is 7. The fourth-order valence-corrected chi connectivity index (χ4v) is 5.67. The van der Waals surface area contributed by atoms with Gasteiger partial charge in [0.05, 0.1) is 17.8 Å². The van der Waals surface area contributed by atoms with Crippen LogP contribution in [0.1, 0.15) is 17.8 Å². The summed E-state index contributed by atoms with van der Waals surface area (Å²) < 4.78 is 117. The fraction of sp³-hybridized carbons (Fsp3) is 0. The Hall–Kier alpha value is -6.18. The van der Waals surface area contributed by atoms with Crippen molar-refractivity contribution in [2.45, 2.75) is 0 Å². The second-order valence-electron chi connectivity index (χ2n) is 10.8. The van der Waals surface area contributed by atoms with Gasteiger partial charge in [-0.1, -0.05) is 164 Å². The Kier molecular flexibility index (Phi) is 4.72. The van der Waals surface area contributed by atoms with Gasteiger partial charge in [-0.15, -0.1) is 0 Å². The smallest absolute Gasteiger partial charge is 0.0645 e. The second kappa shape index (κ2) is 12.7. The second-order valence-corrected chi connectivity index (χ2v) is 10.8. The van der Waals surface area contributed by atoms with Crippen molar-refractivity contribution < 1.29 is 17.8 Å². The molecule has 0 unspecified atom stereocenters. The molecule has 0 aliphatic carbocycles. The van der Waals surface area contributed by atoms with Gasteiger partial charge in [0.25, 0.3) is 0 Å². The highest BCUT2D eigenvalue weighted by Gasteiger charge is 2.16. The van der Waals surface area contributed by atoms with Crippen molar-refractivity contribution in [1.82, 2.24) is 0 Å². The third-order valence-corrected chi connectivity index (χ3v) is 7.91. The van der Waals surface area contributed by atoms with Crippen molar-refractivity contribution >= 4 is 27.8 Å². The standard InChI is InChI=1S/C46H33N/c1-4-12-34(13-5-1)36-20-27-41(28-21-36)47(42-29-22-37(23-30-42)35-14-6-2-7-15-35)43-31-24-39(25-32-43)45-33-26-38-16-10-11-19-44(38)46(45)40-17-8-3-9-18-40/h1-33H/i1D,4D,5D,12D,13D,20D,21D,24D,25D,27D,28D,31D,32D. The molecule has 1 nitrogen and oxygen atoms in total. The van der Waals surface area contributed by atoms with E-state index in [2.05, 4.69) is 0 Å². The first kappa shape index (κ1) is 17.5. The van der Waals surface area contributed by atoms with Crippen molar-refractivity contribution in [3.05, 3.63) is 200 Å². The van der Waals surface area contributed by atoms with E-state index in [0.717, 1.165) is 27.5 Å². The minimum absolute atomic E-state index is 0.0221. The molecule has 8 aromatic rings. The van der Waals surface area contributed by atoms with Gasteiger partial charge in [-0.05, 0) is 91.6 Å². The summed E-state index contributed by atoms with van der Waals surface area (Å²) in [6.07, 6.45) is 0. The summed E-state index contributed by atoms with van der Waals surface area (Å²) in [5.74, 6) is 0. The molecular weight excluding hydrogens is 567 g/mol. The summed E-state index contributed by atoms with van der Waals surface area (Å²) in [5.41, 5.74) is 2.02. The predicted octanol–water partition coefficient (Wildman–Crippen LogP) is 13.0. The maximum Gasteiger partial charge on any atom is 0.0645 e. The summed E-state index contributed by atoms with van der Waals surface area (Å²) in [6, 6.07) is 28.7. The summed E-state index contributed by atoms with van der Waals surface area (Å²) >= 11 is 0. The monoisotopic (exact) mass is 612 g/mol. The first-order valence-corrected chi connectivity index (χ1v) is 15.1. The van der Waals surface area contributed by atoms with Crippen molar-refractivity contribution in [3.63, 3.8) is 0 Å². The summed E-state index contributed by atoms with van der Waals surface area (Å²) in [5, 5.41) is 1.75. The zero-order valence-electron chi connectivity index (χ0n) is 38.0. The lowest BCUT2D eigenvalue weighted by Gasteiger charge is -2.26. The van der Waals surface area contributed by atoms with Gasteiger partial charge in [0.15, 0.2) is 0 Å². The van der Waals surface area contributed by atoms with Crippen LogP contribution >= 0.6 is 0 Å². The number of hydrogen-bond acceptors (Lipinski definition) is 1. The number of benzene rings is 8. The molecule has 0 N–H and O–H groups in total. The molecule has 222 valence electrons. The first-order chi connectivity index (χ1) is 28.7. The van der Waals surface area contributed by atoms with E-state index in [1.54, 1.807) is 30.3 Å². The van der Waals surface area contributed by atoms with E-state index < -0.39 is 95.4 Å². The summed E-state index contributed by atoms with van der Waals surface area (Å²) in [7, 11) is 0. The Bertz CT molecular complexity index is 2920. The highest BCUT2D eigenvalue weighted by molar-refractivity contribution is 6.04. The van der Waals surface area contributed by atoms with Crippen molar-refractivity contribution in [3.8, 4) is 44.5 Å².